The molecule has 1 aliphatic rings. The summed E-state index contributed by atoms with van der Waals surface area (Å²) in [4.78, 5) is 1.46. The summed E-state index contributed by atoms with van der Waals surface area (Å²) in [5.74, 6) is 0. The van der Waals surface area contributed by atoms with Crippen LogP contribution < -0.4 is 5.32 Å². The van der Waals surface area contributed by atoms with Crippen LogP contribution in [0.15, 0.2) is 35.7 Å². The second kappa shape index (κ2) is 4.77. The van der Waals surface area contributed by atoms with Gasteiger partial charge in [0, 0.05) is 17.5 Å². The first-order chi connectivity index (χ1) is 9.08. The van der Waals surface area contributed by atoms with Crippen LogP contribution in [0.4, 0.5) is 0 Å². The highest BCUT2D eigenvalue weighted by Crippen LogP contribution is 2.45. The maximum Gasteiger partial charge on any atom is 0.0380 e. The lowest BCUT2D eigenvalue weighted by atomic mass is 9.85. The summed E-state index contributed by atoms with van der Waals surface area (Å²) >= 11 is 1.85. The van der Waals surface area contributed by atoms with Gasteiger partial charge in [-0.2, -0.15) is 0 Å². The van der Waals surface area contributed by atoms with Gasteiger partial charge in [0.2, 0.25) is 0 Å². The van der Waals surface area contributed by atoms with Crippen LogP contribution in [-0.2, 0) is 13.0 Å². The van der Waals surface area contributed by atoms with Gasteiger partial charge < -0.3 is 5.32 Å². The van der Waals surface area contributed by atoms with E-state index in [4.69, 9.17) is 0 Å². The maximum absolute atomic E-state index is 3.78. The second-order valence-corrected chi connectivity index (χ2v) is 7.21. The number of benzene rings is 1. The number of fused-ring (bicyclic) bond motifs is 1. The van der Waals surface area contributed by atoms with E-state index in [-0.39, 0.29) is 0 Å². The molecule has 0 radical (unpaired) electrons. The highest BCUT2D eigenvalue weighted by Gasteiger charge is 2.38. The van der Waals surface area contributed by atoms with E-state index < -0.39 is 0 Å². The fraction of sp³-hybridized carbons (Fsp3) is 0.412. The van der Waals surface area contributed by atoms with Crippen molar-refractivity contribution in [1.82, 2.24) is 5.32 Å². The summed E-state index contributed by atoms with van der Waals surface area (Å²) in [6, 6.07) is 11.5. The standard InChI is InChI=1S/C17H21NS/c1-12-8-9-19-15(12)11-18-16-14-7-5-4-6-13(14)10-17(16,2)3/h4-9,16,18H,10-11H2,1-3H3. The normalized spacial score (nSPS) is 20.5. The van der Waals surface area contributed by atoms with Gasteiger partial charge in [0.25, 0.3) is 0 Å². The van der Waals surface area contributed by atoms with Crippen LogP contribution in [0.1, 0.15) is 41.5 Å². The van der Waals surface area contributed by atoms with Gasteiger partial charge in [0.1, 0.15) is 0 Å². The van der Waals surface area contributed by atoms with E-state index in [1.54, 1.807) is 0 Å². The van der Waals surface area contributed by atoms with E-state index in [1.807, 2.05) is 11.3 Å². The molecule has 19 heavy (non-hydrogen) atoms. The molecule has 0 aliphatic heterocycles. The number of aryl methyl sites for hydroxylation is 1. The Morgan fingerprint density at radius 3 is 2.79 bits per heavy atom. The first-order valence-corrected chi connectivity index (χ1v) is 7.80. The van der Waals surface area contributed by atoms with Gasteiger partial charge in [-0.15, -0.1) is 11.3 Å². The van der Waals surface area contributed by atoms with Crippen LogP contribution in [0.3, 0.4) is 0 Å². The van der Waals surface area contributed by atoms with Crippen LogP contribution in [0.2, 0.25) is 0 Å². The zero-order chi connectivity index (χ0) is 13.5. The van der Waals surface area contributed by atoms with Gasteiger partial charge in [-0.3, -0.25) is 0 Å². The molecule has 1 unspecified atom stereocenters. The summed E-state index contributed by atoms with van der Waals surface area (Å²) in [5, 5.41) is 5.96. The predicted molar refractivity (Wildman–Crippen MR) is 82.6 cm³/mol. The number of nitrogens with one attached hydrogen (secondary N) is 1. The Balaban J connectivity index is 1.82. The Hall–Kier alpha value is -1.12. The number of rotatable bonds is 3. The van der Waals surface area contributed by atoms with E-state index in [0.29, 0.717) is 11.5 Å². The smallest absolute Gasteiger partial charge is 0.0380 e. The fourth-order valence-corrected chi connectivity index (χ4v) is 4.01. The maximum atomic E-state index is 3.78. The van der Waals surface area contributed by atoms with Crippen LogP contribution in [-0.4, -0.2) is 0 Å². The molecule has 2 aromatic rings. The Morgan fingerprint density at radius 2 is 2.05 bits per heavy atom. The predicted octanol–water partition coefficient (Wildman–Crippen LogP) is 4.47. The lowest BCUT2D eigenvalue weighted by Gasteiger charge is -2.28. The van der Waals surface area contributed by atoms with Crippen LogP contribution in [0.25, 0.3) is 0 Å². The van der Waals surface area contributed by atoms with Gasteiger partial charge in [0.15, 0.2) is 0 Å². The minimum atomic E-state index is 0.300. The van der Waals surface area contributed by atoms with Crippen LogP contribution in [0, 0.1) is 12.3 Å². The average molecular weight is 271 g/mol. The average Bonchev–Trinajstić information content (AvgIpc) is 2.87. The Labute approximate surface area is 119 Å². The van der Waals surface area contributed by atoms with Crippen LogP contribution >= 0.6 is 11.3 Å². The molecular formula is C17H21NS. The van der Waals surface area contributed by atoms with Crippen molar-refractivity contribution in [1.29, 1.82) is 0 Å². The zero-order valence-corrected chi connectivity index (χ0v) is 12.7. The third kappa shape index (κ3) is 2.35. The molecule has 1 nitrogen and oxygen atoms in total. The highest BCUT2D eigenvalue weighted by molar-refractivity contribution is 7.10. The monoisotopic (exact) mass is 271 g/mol. The minimum absolute atomic E-state index is 0.300. The Kier molecular flexibility index (Phi) is 3.23. The largest absolute Gasteiger partial charge is 0.305 e. The van der Waals surface area contributed by atoms with Crippen molar-refractivity contribution in [2.75, 3.05) is 0 Å². The summed E-state index contributed by atoms with van der Waals surface area (Å²) in [7, 11) is 0. The molecule has 0 saturated carbocycles. The van der Waals surface area contributed by atoms with Crippen molar-refractivity contribution in [2.24, 2.45) is 5.41 Å². The first-order valence-electron chi connectivity index (χ1n) is 6.92. The molecular weight excluding hydrogens is 250 g/mol. The summed E-state index contributed by atoms with van der Waals surface area (Å²) < 4.78 is 0. The summed E-state index contributed by atoms with van der Waals surface area (Å²) in [6.07, 6.45) is 1.17. The molecule has 0 spiro atoms. The van der Waals surface area contributed by atoms with Gasteiger partial charge in [-0.05, 0) is 46.9 Å². The van der Waals surface area contributed by atoms with E-state index in [9.17, 15) is 0 Å². The topological polar surface area (TPSA) is 12.0 Å². The summed E-state index contributed by atoms with van der Waals surface area (Å²) in [5.41, 5.74) is 4.70. The van der Waals surface area contributed by atoms with Crippen molar-refractivity contribution >= 4 is 11.3 Å². The summed E-state index contributed by atoms with van der Waals surface area (Å²) in [6.45, 7) is 7.91. The molecule has 1 aromatic carbocycles. The molecule has 1 heterocycles. The third-order valence-corrected chi connectivity index (χ3v) is 5.25. The lowest BCUT2D eigenvalue weighted by Crippen LogP contribution is -2.30. The van der Waals surface area contributed by atoms with Crippen molar-refractivity contribution in [3.05, 3.63) is 57.3 Å². The lowest BCUT2D eigenvalue weighted by molar-refractivity contribution is 0.268. The number of thiophene rings is 1. The van der Waals surface area contributed by atoms with Crippen molar-refractivity contribution in [3.8, 4) is 0 Å². The zero-order valence-electron chi connectivity index (χ0n) is 11.9. The first kappa shape index (κ1) is 12.9. The number of hydrogen-bond donors (Lipinski definition) is 1. The van der Waals surface area contributed by atoms with E-state index in [1.165, 1.54) is 28.0 Å². The third-order valence-electron chi connectivity index (χ3n) is 4.23. The van der Waals surface area contributed by atoms with Crippen LogP contribution in [0.5, 0.6) is 0 Å². The number of hydrogen-bond acceptors (Lipinski definition) is 2. The van der Waals surface area contributed by atoms with Crippen molar-refractivity contribution in [2.45, 2.75) is 39.8 Å². The molecule has 1 atom stereocenters. The molecule has 0 fully saturated rings. The Bertz CT molecular complexity index is 582. The van der Waals surface area contributed by atoms with Gasteiger partial charge >= 0.3 is 0 Å². The van der Waals surface area contributed by atoms with E-state index in [2.05, 4.69) is 61.8 Å². The van der Waals surface area contributed by atoms with Gasteiger partial charge in [-0.25, -0.2) is 0 Å². The highest BCUT2D eigenvalue weighted by atomic mass is 32.1. The second-order valence-electron chi connectivity index (χ2n) is 6.20. The molecule has 1 aromatic heterocycles. The Morgan fingerprint density at radius 1 is 1.26 bits per heavy atom. The molecule has 2 heteroatoms. The molecule has 0 amide bonds. The van der Waals surface area contributed by atoms with Crippen molar-refractivity contribution in [3.63, 3.8) is 0 Å². The molecule has 0 bridgehead atoms. The van der Waals surface area contributed by atoms with Gasteiger partial charge in [0.05, 0.1) is 0 Å². The molecule has 1 aliphatic carbocycles. The SMILES string of the molecule is Cc1ccsc1CNC1c2ccccc2CC1(C)C. The molecule has 0 saturated heterocycles. The molecule has 3 rings (SSSR count). The molecule has 1 N–H and O–H groups in total. The van der Waals surface area contributed by atoms with E-state index >= 15 is 0 Å². The quantitative estimate of drug-likeness (QED) is 0.868. The minimum Gasteiger partial charge on any atom is -0.305 e. The van der Waals surface area contributed by atoms with Gasteiger partial charge in [-0.1, -0.05) is 38.1 Å². The molecule has 100 valence electrons. The fourth-order valence-electron chi connectivity index (χ4n) is 3.16. The van der Waals surface area contributed by atoms with Crippen molar-refractivity contribution < 1.29 is 0 Å². The van der Waals surface area contributed by atoms with E-state index in [0.717, 1.165) is 6.54 Å².